The van der Waals surface area contributed by atoms with Gasteiger partial charge in [0, 0.05) is 24.6 Å². The van der Waals surface area contributed by atoms with Gasteiger partial charge in [0.2, 0.25) is 11.8 Å². The second-order valence-corrected chi connectivity index (χ2v) is 9.11. The maximum absolute atomic E-state index is 9.95. The lowest BCUT2D eigenvalue weighted by Gasteiger charge is -2.27. The maximum atomic E-state index is 9.95. The molecule has 1 saturated carbocycles. The van der Waals surface area contributed by atoms with Crippen LogP contribution < -0.4 is 15.4 Å². The van der Waals surface area contributed by atoms with E-state index in [-0.39, 0.29) is 18.2 Å². The molecule has 4 heterocycles. The fourth-order valence-corrected chi connectivity index (χ4v) is 4.97. The molecule has 0 aromatic carbocycles. The summed E-state index contributed by atoms with van der Waals surface area (Å²) >= 11 is 0. The van der Waals surface area contributed by atoms with Crippen LogP contribution in [0.25, 0.3) is 10.9 Å². The molecule has 2 aromatic heterocycles. The van der Waals surface area contributed by atoms with E-state index in [1.807, 2.05) is 12.4 Å². The van der Waals surface area contributed by atoms with Crippen LogP contribution in [0.1, 0.15) is 62.8 Å². The first-order chi connectivity index (χ1) is 15.3. The second-order valence-electron chi connectivity index (χ2n) is 9.11. The number of rotatable bonds is 5. The number of piperidine rings is 1. The third-order valence-corrected chi connectivity index (χ3v) is 6.81. The summed E-state index contributed by atoms with van der Waals surface area (Å²) in [6.07, 6.45) is 11.4. The summed E-state index contributed by atoms with van der Waals surface area (Å²) in [6, 6.07) is 0.242. The predicted octanol–water partition coefficient (Wildman–Crippen LogP) is 2.77. The molecule has 5 rings (SSSR count). The van der Waals surface area contributed by atoms with Gasteiger partial charge in [-0.25, -0.2) is 15.0 Å². The van der Waals surface area contributed by atoms with E-state index in [0.717, 1.165) is 87.5 Å². The normalized spacial score (nSPS) is 27.8. The average molecular weight is 428 g/mol. The molecule has 2 aliphatic heterocycles. The Balaban J connectivity index is 1.46. The molecule has 2 saturated heterocycles. The van der Waals surface area contributed by atoms with Crippen molar-refractivity contribution in [2.45, 2.75) is 75.5 Å². The van der Waals surface area contributed by atoms with Gasteiger partial charge >= 0.3 is 0 Å². The van der Waals surface area contributed by atoms with Gasteiger partial charge < -0.3 is 25.2 Å². The van der Waals surface area contributed by atoms with Gasteiger partial charge in [-0.3, -0.25) is 0 Å². The average Bonchev–Trinajstić information content (AvgIpc) is 2.81. The molecule has 168 valence electrons. The Morgan fingerprint density at radius 2 is 1.87 bits per heavy atom. The molecule has 0 spiro atoms. The molecule has 1 aliphatic carbocycles. The van der Waals surface area contributed by atoms with Crippen molar-refractivity contribution in [3.8, 4) is 5.88 Å². The number of fused-ring (bicyclic) bond motifs is 1. The van der Waals surface area contributed by atoms with Crippen molar-refractivity contribution >= 4 is 16.9 Å². The summed E-state index contributed by atoms with van der Waals surface area (Å²) in [5.74, 6) is 1.63. The number of aromatic nitrogens is 3. The van der Waals surface area contributed by atoms with Crippen molar-refractivity contribution in [1.29, 1.82) is 0 Å². The Morgan fingerprint density at radius 3 is 2.65 bits per heavy atom. The van der Waals surface area contributed by atoms with Crippen molar-refractivity contribution < 1.29 is 14.6 Å². The monoisotopic (exact) mass is 427 g/mol. The van der Waals surface area contributed by atoms with Crippen molar-refractivity contribution in [2.24, 2.45) is 0 Å². The zero-order valence-corrected chi connectivity index (χ0v) is 18.1. The van der Waals surface area contributed by atoms with E-state index in [4.69, 9.17) is 19.4 Å². The number of hydrogen-bond donors (Lipinski definition) is 3. The zero-order valence-electron chi connectivity index (χ0n) is 18.1. The Hall–Kier alpha value is -2.03. The van der Waals surface area contributed by atoms with Crippen molar-refractivity contribution in [2.75, 3.05) is 31.6 Å². The molecule has 0 amide bonds. The van der Waals surface area contributed by atoms with E-state index >= 15 is 0 Å². The molecule has 3 aliphatic rings. The first-order valence-corrected chi connectivity index (χ1v) is 11.8. The fourth-order valence-electron chi connectivity index (χ4n) is 4.97. The van der Waals surface area contributed by atoms with E-state index in [1.165, 1.54) is 0 Å². The highest BCUT2D eigenvalue weighted by Gasteiger charge is 2.26. The third-order valence-electron chi connectivity index (χ3n) is 6.81. The van der Waals surface area contributed by atoms with Gasteiger partial charge in [-0.2, -0.15) is 0 Å². The molecule has 8 nitrogen and oxygen atoms in total. The first-order valence-electron chi connectivity index (χ1n) is 11.8. The predicted molar refractivity (Wildman–Crippen MR) is 119 cm³/mol. The Labute approximate surface area is 183 Å². The third kappa shape index (κ3) is 4.91. The largest absolute Gasteiger partial charge is 0.474 e. The number of anilines is 1. The first kappa shape index (κ1) is 20.8. The molecule has 0 radical (unpaired) electrons. The maximum Gasteiger partial charge on any atom is 0.224 e. The van der Waals surface area contributed by atoms with Crippen LogP contribution in [0, 0.1) is 0 Å². The summed E-state index contributed by atoms with van der Waals surface area (Å²) in [5.41, 5.74) is 2.07. The summed E-state index contributed by atoms with van der Waals surface area (Å²) in [4.78, 5) is 14.3. The number of pyridine rings is 1. The summed E-state index contributed by atoms with van der Waals surface area (Å²) in [5, 5.41) is 17.7. The summed E-state index contributed by atoms with van der Waals surface area (Å²) < 4.78 is 11.9. The SMILES string of the molecule is OC1CCC(c2cnc(OC3CCNCC3)c3cnc(N[C@H]4CCCOC4)nc23)CC1. The lowest BCUT2D eigenvalue weighted by atomic mass is 9.83. The lowest BCUT2D eigenvalue weighted by Crippen LogP contribution is -2.34. The number of nitrogens with zero attached hydrogens (tertiary/aromatic N) is 3. The minimum absolute atomic E-state index is 0.171. The van der Waals surface area contributed by atoms with Gasteiger partial charge in [0.1, 0.15) is 6.10 Å². The van der Waals surface area contributed by atoms with Crippen LogP contribution >= 0.6 is 0 Å². The number of hydrogen-bond acceptors (Lipinski definition) is 8. The van der Waals surface area contributed by atoms with E-state index in [2.05, 4.69) is 15.6 Å². The Kier molecular flexibility index (Phi) is 6.47. The van der Waals surface area contributed by atoms with Gasteiger partial charge in [-0.15, -0.1) is 0 Å². The topological polar surface area (TPSA) is 101 Å². The molecule has 2 aromatic rings. The second kappa shape index (κ2) is 9.63. The van der Waals surface area contributed by atoms with E-state index in [0.29, 0.717) is 24.4 Å². The molecule has 8 heteroatoms. The molecule has 31 heavy (non-hydrogen) atoms. The van der Waals surface area contributed by atoms with Gasteiger partial charge in [0.15, 0.2) is 0 Å². The number of aliphatic hydroxyl groups is 1. The molecular weight excluding hydrogens is 394 g/mol. The van der Waals surface area contributed by atoms with Gasteiger partial charge in [-0.05, 0) is 70.4 Å². The summed E-state index contributed by atoms with van der Waals surface area (Å²) in [6.45, 7) is 3.46. The Morgan fingerprint density at radius 1 is 1.03 bits per heavy atom. The van der Waals surface area contributed by atoms with E-state index < -0.39 is 0 Å². The van der Waals surface area contributed by atoms with E-state index in [1.54, 1.807) is 0 Å². The van der Waals surface area contributed by atoms with Gasteiger partial charge in [0.05, 0.1) is 29.7 Å². The van der Waals surface area contributed by atoms with Crippen LogP contribution in [0.15, 0.2) is 12.4 Å². The number of nitrogens with one attached hydrogen (secondary N) is 2. The summed E-state index contributed by atoms with van der Waals surface area (Å²) in [7, 11) is 0. The molecule has 1 atom stereocenters. The smallest absolute Gasteiger partial charge is 0.224 e. The molecule has 3 N–H and O–H groups in total. The van der Waals surface area contributed by atoms with Crippen LogP contribution in [0.4, 0.5) is 5.95 Å². The van der Waals surface area contributed by atoms with Crippen LogP contribution in [0.5, 0.6) is 5.88 Å². The number of aliphatic hydroxyl groups excluding tert-OH is 1. The number of ether oxygens (including phenoxy) is 2. The van der Waals surface area contributed by atoms with Gasteiger partial charge in [0.25, 0.3) is 0 Å². The van der Waals surface area contributed by atoms with Crippen molar-refractivity contribution in [3.05, 3.63) is 18.0 Å². The van der Waals surface area contributed by atoms with Crippen molar-refractivity contribution in [1.82, 2.24) is 20.3 Å². The van der Waals surface area contributed by atoms with Crippen LogP contribution in [0.2, 0.25) is 0 Å². The highest BCUT2D eigenvalue weighted by atomic mass is 16.5. The fraction of sp³-hybridized carbons (Fsp3) is 0.696. The molecule has 3 fully saturated rings. The minimum atomic E-state index is -0.184. The van der Waals surface area contributed by atoms with Crippen LogP contribution in [-0.4, -0.2) is 64.6 Å². The molecular formula is C23H33N5O3. The van der Waals surface area contributed by atoms with Crippen LogP contribution in [-0.2, 0) is 4.74 Å². The lowest BCUT2D eigenvalue weighted by molar-refractivity contribution is 0.0874. The minimum Gasteiger partial charge on any atom is -0.474 e. The Bertz CT molecular complexity index is 875. The zero-order chi connectivity index (χ0) is 21.0. The molecule has 0 bridgehead atoms. The van der Waals surface area contributed by atoms with Crippen molar-refractivity contribution in [3.63, 3.8) is 0 Å². The van der Waals surface area contributed by atoms with Crippen LogP contribution in [0.3, 0.4) is 0 Å². The standard InChI is InChI=1S/C23H33N5O3/c29-17-5-3-15(4-6-17)19-12-25-22(31-18-7-9-24-10-8-18)20-13-26-23(28-21(19)20)27-16-2-1-11-30-14-16/h12-13,15-18,24,29H,1-11,14H2,(H,26,27,28)/t15?,16-,17?/m0/s1. The highest BCUT2D eigenvalue weighted by Crippen LogP contribution is 2.38. The highest BCUT2D eigenvalue weighted by molar-refractivity contribution is 5.86. The quantitative estimate of drug-likeness (QED) is 0.670. The molecule has 0 unspecified atom stereocenters. The van der Waals surface area contributed by atoms with Gasteiger partial charge in [-0.1, -0.05) is 0 Å². The van der Waals surface area contributed by atoms with E-state index in [9.17, 15) is 5.11 Å².